The fourth-order valence-electron chi connectivity index (χ4n) is 6.91. The van der Waals surface area contributed by atoms with Crippen LogP contribution in [0, 0.1) is 28.4 Å². The van der Waals surface area contributed by atoms with Crippen molar-refractivity contribution in [3.63, 3.8) is 0 Å². The summed E-state index contributed by atoms with van der Waals surface area (Å²) in [5, 5.41) is 45.4. The number of pyridine rings is 1. The second-order valence-corrected chi connectivity index (χ2v) is 21.4. The van der Waals surface area contributed by atoms with E-state index in [0.29, 0.717) is 17.7 Å². The number of anilines is 4. The number of non-ortho nitro benzene ring substituents is 1. The van der Waals surface area contributed by atoms with Crippen LogP contribution in [0.4, 0.5) is 50.2 Å². The molecule has 2 heterocycles. The SMILES string of the molecule is Cc1c(C#N)c(Nc2ccc(S(=O)(=O)O)cc2)nc(Nc2ccc(S(=O)(=O)O)cc2)c1N=Nc1nc(-c2ccc3ccccc3c2)c(N=Nc2cc(S(=O)(=O)O)c3cc([N+](=O)[O-])cc(S(=O)(=O)O)c3c2)s1. The number of nitro benzene ring substituents is 1. The second-order valence-electron chi connectivity index (χ2n) is 14.8. The second kappa shape index (κ2) is 18.7. The highest BCUT2D eigenvalue weighted by molar-refractivity contribution is 7.86. The van der Waals surface area contributed by atoms with E-state index in [1.54, 1.807) is 24.3 Å². The summed E-state index contributed by atoms with van der Waals surface area (Å²) in [6.45, 7) is 1.51. The quantitative estimate of drug-likeness (QED) is 0.0255. The number of nitro groups is 1. The lowest BCUT2D eigenvalue weighted by molar-refractivity contribution is -0.384. The lowest BCUT2D eigenvalue weighted by atomic mass is 10.1. The van der Waals surface area contributed by atoms with Crippen molar-refractivity contribution in [2.45, 2.75) is 26.5 Å². The van der Waals surface area contributed by atoms with Gasteiger partial charge in [-0.25, -0.2) is 9.97 Å². The molecule has 8 rings (SSSR count). The van der Waals surface area contributed by atoms with Gasteiger partial charge in [-0.15, -0.1) is 20.5 Å². The molecule has 0 aliphatic heterocycles. The first-order valence-corrected chi connectivity index (χ1v) is 26.1. The molecule has 0 atom stereocenters. The first-order chi connectivity index (χ1) is 33.4. The molecule has 29 heteroatoms. The third-order valence-electron chi connectivity index (χ3n) is 10.2. The van der Waals surface area contributed by atoms with E-state index in [1.165, 1.54) is 31.2 Å². The van der Waals surface area contributed by atoms with Crippen LogP contribution in [0.5, 0.6) is 0 Å². The first-order valence-electron chi connectivity index (χ1n) is 19.6. The molecule has 6 N–H and O–H groups in total. The van der Waals surface area contributed by atoms with Gasteiger partial charge in [0, 0.05) is 45.4 Å². The van der Waals surface area contributed by atoms with Crippen molar-refractivity contribution in [1.82, 2.24) is 9.97 Å². The first kappa shape index (κ1) is 49.4. The Bertz CT molecular complexity index is 4110. The summed E-state index contributed by atoms with van der Waals surface area (Å²) in [7, 11) is -19.6. The molecule has 0 fully saturated rings. The average Bonchev–Trinajstić information content (AvgIpc) is 3.72. The Balaban J connectivity index is 1.27. The molecular formula is C42H28N10O14S5. The van der Waals surface area contributed by atoms with Crippen LogP contribution < -0.4 is 10.6 Å². The van der Waals surface area contributed by atoms with Crippen LogP contribution >= 0.6 is 11.3 Å². The van der Waals surface area contributed by atoms with E-state index in [4.69, 9.17) is 0 Å². The van der Waals surface area contributed by atoms with Crippen LogP contribution in [0.15, 0.2) is 155 Å². The Labute approximate surface area is 404 Å². The van der Waals surface area contributed by atoms with E-state index in [0.717, 1.165) is 58.5 Å². The van der Waals surface area contributed by atoms with Crippen LogP contribution in [-0.2, 0) is 40.5 Å². The maximum Gasteiger partial charge on any atom is 0.295 e. The maximum absolute atomic E-state index is 12.6. The van der Waals surface area contributed by atoms with E-state index in [-0.39, 0.29) is 55.7 Å². The molecule has 8 aromatic rings. The highest BCUT2D eigenvalue weighted by atomic mass is 32.2. The molecule has 0 saturated carbocycles. The molecule has 2 aromatic heterocycles. The minimum atomic E-state index is -5.25. The number of nitrogens with one attached hydrogen (secondary N) is 2. The van der Waals surface area contributed by atoms with E-state index >= 15 is 0 Å². The molecule has 0 bridgehead atoms. The Morgan fingerprint density at radius 2 is 1.20 bits per heavy atom. The van der Waals surface area contributed by atoms with E-state index in [9.17, 15) is 67.3 Å². The van der Waals surface area contributed by atoms with Gasteiger partial charge in [0.05, 0.1) is 26.0 Å². The number of aromatic nitrogens is 2. The maximum atomic E-state index is 12.6. The molecule has 24 nitrogen and oxygen atoms in total. The van der Waals surface area contributed by atoms with Crippen LogP contribution in [0.3, 0.4) is 0 Å². The summed E-state index contributed by atoms with van der Waals surface area (Å²) in [5.41, 5.74) is -0.193. The van der Waals surface area contributed by atoms with Gasteiger partial charge in [0.1, 0.15) is 27.2 Å². The minimum absolute atomic E-state index is 0.00540. The standard InChI is InChI=1S/C42H28N10O14S5/c1-22-34(21-43)39(44-26-8-12-30(13-9-26)68(55,56)57)47-40(45-27-10-14-31(15-11-27)69(58,59)60)37(22)49-51-42-46-38(25-7-6-23-4-2-3-5-24(23)16-25)41(67-42)50-48-28-17-32-33(35(18-28)70(61,62)63)19-29(52(53)54)20-36(32)71(64,65)66/h2-20H,1H3,(H2,44,45,47)(H,55,56,57)(H,58,59,60)(H,61,62,63)(H,64,65,66). The normalized spacial score (nSPS) is 12.5. The average molecular weight is 1060 g/mol. The number of benzene rings is 6. The van der Waals surface area contributed by atoms with Crippen molar-refractivity contribution in [2.24, 2.45) is 20.5 Å². The Morgan fingerprint density at radius 3 is 1.76 bits per heavy atom. The molecule has 0 unspecified atom stereocenters. The Kier molecular flexibility index (Phi) is 13.0. The van der Waals surface area contributed by atoms with Gasteiger partial charge >= 0.3 is 0 Å². The van der Waals surface area contributed by atoms with Crippen molar-refractivity contribution in [3.05, 3.63) is 137 Å². The zero-order valence-corrected chi connectivity index (χ0v) is 39.5. The number of nitriles is 1. The van der Waals surface area contributed by atoms with E-state index in [1.807, 2.05) is 24.3 Å². The summed E-state index contributed by atoms with van der Waals surface area (Å²) >= 11 is 0.792. The Hall–Kier alpha value is -8.05. The van der Waals surface area contributed by atoms with Gasteiger partial charge in [-0.3, -0.25) is 28.3 Å². The molecule has 0 spiro atoms. The number of thiazole rings is 1. The lowest BCUT2D eigenvalue weighted by Gasteiger charge is -2.16. The number of rotatable bonds is 14. The van der Waals surface area contributed by atoms with Crippen LogP contribution in [0.2, 0.25) is 0 Å². The molecule has 0 aliphatic carbocycles. The van der Waals surface area contributed by atoms with Crippen molar-refractivity contribution in [3.8, 4) is 17.3 Å². The number of hydrogen-bond donors (Lipinski definition) is 6. The fourth-order valence-corrected chi connectivity index (χ4v) is 10.0. The summed E-state index contributed by atoms with van der Waals surface area (Å²) in [5.74, 6) is -0.141. The zero-order chi connectivity index (χ0) is 51.2. The van der Waals surface area contributed by atoms with Crippen LogP contribution in [0.1, 0.15) is 11.1 Å². The largest absolute Gasteiger partial charge is 0.339 e. The highest BCUT2D eigenvalue weighted by Crippen LogP contribution is 2.44. The molecular weight excluding hydrogens is 1030 g/mol. The molecule has 360 valence electrons. The van der Waals surface area contributed by atoms with Crippen LogP contribution in [0.25, 0.3) is 32.8 Å². The highest BCUT2D eigenvalue weighted by Gasteiger charge is 2.26. The van der Waals surface area contributed by atoms with E-state index < -0.39 is 87.1 Å². The van der Waals surface area contributed by atoms with Crippen molar-refractivity contribution >= 4 is 124 Å². The molecule has 0 amide bonds. The van der Waals surface area contributed by atoms with Gasteiger partial charge in [0.15, 0.2) is 16.6 Å². The fraction of sp³-hybridized carbons (Fsp3) is 0.0238. The molecule has 0 radical (unpaired) electrons. The number of azo groups is 2. The summed E-state index contributed by atoms with van der Waals surface area (Å²) in [4.78, 5) is 16.9. The summed E-state index contributed by atoms with van der Waals surface area (Å²) in [6, 6.07) is 27.2. The topological polar surface area (TPSA) is 384 Å². The number of hydrogen-bond acceptors (Lipinski definition) is 20. The number of fused-ring (bicyclic) bond motifs is 2. The predicted octanol–water partition coefficient (Wildman–Crippen LogP) is 9.90. The smallest absolute Gasteiger partial charge is 0.295 e. The van der Waals surface area contributed by atoms with Gasteiger partial charge in [-0.05, 0) is 84.4 Å². The Morgan fingerprint density at radius 1 is 0.634 bits per heavy atom. The summed E-state index contributed by atoms with van der Waals surface area (Å²) < 4.78 is 136. The molecule has 6 aromatic carbocycles. The van der Waals surface area contributed by atoms with Crippen molar-refractivity contribution < 1.29 is 56.8 Å². The molecule has 0 aliphatic rings. The predicted molar refractivity (Wildman–Crippen MR) is 256 cm³/mol. The number of nitrogens with zero attached hydrogens (tertiary/aromatic N) is 8. The van der Waals surface area contributed by atoms with E-state index in [2.05, 4.69) is 41.1 Å². The zero-order valence-electron chi connectivity index (χ0n) is 35.5. The van der Waals surface area contributed by atoms with Gasteiger partial charge in [0.2, 0.25) is 5.13 Å². The monoisotopic (exact) mass is 1060 g/mol. The summed E-state index contributed by atoms with van der Waals surface area (Å²) in [6.07, 6.45) is 0. The lowest BCUT2D eigenvalue weighted by Crippen LogP contribution is -2.05. The van der Waals surface area contributed by atoms with Gasteiger partial charge in [-0.2, -0.15) is 38.9 Å². The molecule has 71 heavy (non-hydrogen) atoms. The van der Waals surface area contributed by atoms with Gasteiger partial charge < -0.3 is 10.6 Å². The van der Waals surface area contributed by atoms with Crippen LogP contribution in [-0.4, -0.2) is 66.8 Å². The third kappa shape index (κ3) is 10.7. The van der Waals surface area contributed by atoms with Crippen molar-refractivity contribution in [1.29, 1.82) is 5.26 Å². The van der Waals surface area contributed by atoms with Gasteiger partial charge in [0.25, 0.3) is 46.2 Å². The molecule has 0 saturated heterocycles. The third-order valence-corrected chi connectivity index (χ3v) is 14.5. The van der Waals surface area contributed by atoms with Gasteiger partial charge in [-0.1, -0.05) is 47.7 Å². The minimum Gasteiger partial charge on any atom is -0.339 e. The van der Waals surface area contributed by atoms with Crippen molar-refractivity contribution in [2.75, 3.05) is 10.6 Å².